The number of nitrogens with one attached hydrogen (secondary N) is 2. The summed E-state index contributed by atoms with van der Waals surface area (Å²) in [4.78, 5) is 126. The van der Waals surface area contributed by atoms with Gasteiger partial charge in [-0.25, -0.2) is 9.48 Å². The van der Waals surface area contributed by atoms with Crippen LogP contribution in [0.5, 0.6) is 11.5 Å². The number of hydrogen-bond acceptors (Lipinski definition) is 21. The molecule has 2 unspecified atom stereocenters. The molecule has 0 radical (unpaired) electrons. The maximum Gasteiger partial charge on any atom is 0.333 e. The minimum atomic E-state index is -0.833. The molecule has 32 heteroatoms. The fourth-order valence-corrected chi connectivity index (χ4v) is 15.1. The third-order valence-electron chi connectivity index (χ3n) is 17.1. The first-order valence-corrected chi connectivity index (χ1v) is 41.6. The number of rotatable bonds is 45. The lowest BCUT2D eigenvalue weighted by molar-refractivity contribution is -0.137. The number of benzene rings is 2. The van der Waals surface area contributed by atoms with Crippen LogP contribution in [0.3, 0.4) is 0 Å². The fraction of sp³-hybridized carbons (Fsp3) is 0.564. The topological polar surface area (TPSA) is 387 Å². The van der Waals surface area contributed by atoms with Crippen molar-refractivity contribution in [3.8, 4) is 23.8 Å². The number of carbonyl (C=O) groups excluding carboxylic acids is 6. The van der Waals surface area contributed by atoms with Crippen LogP contribution in [0, 0.1) is 12.3 Å². The lowest BCUT2D eigenvalue weighted by atomic mass is 9.86. The number of hydrogen-bond donors (Lipinski definition) is 6. The zero-order chi connectivity index (χ0) is 80.9. The Kier molecular flexibility index (Phi) is 49.6. The summed E-state index contributed by atoms with van der Waals surface area (Å²) in [6, 6.07) is 21.5. The maximum absolute atomic E-state index is 12.9. The fourth-order valence-electron chi connectivity index (χ4n) is 12.0. The van der Waals surface area contributed by atoms with Crippen molar-refractivity contribution in [1.29, 1.82) is 0 Å². The summed E-state index contributed by atoms with van der Waals surface area (Å²) in [5.41, 5.74) is 13.8. The van der Waals surface area contributed by atoms with E-state index in [0.717, 1.165) is 115 Å². The number of terminal acetylenes is 1. The van der Waals surface area contributed by atoms with Crippen molar-refractivity contribution >= 4 is 106 Å². The molecular weight excluding hydrogens is 1490 g/mol. The monoisotopic (exact) mass is 1600 g/mol. The number of thiophene rings is 2. The van der Waals surface area contributed by atoms with E-state index in [1.54, 1.807) is 29.8 Å². The summed E-state index contributed by atoms with van der Waals surface area (Å²) in [6.45, 7) is 16.9. The van der Waals surface area contributed by atoms with E-state index in [1.165, 1.54) is 49.1 Å². The molecule has 110 heavy (non-hydrogen) atoms. The van der Waals surface area contributed by atoms with E-state index in [-0.39, 0.29) is 49.6 Å². The van der Waals surface area contributed by atoms with Crippen LogP contribution in [0.1, 0.15) is 163 Å². The van der Waals surface area contributed by atoms with Gasteiger partial charge in [-0.1, -0.05) is 74.4 Å². The largest absolute Gasteiger partial charge is 0.481 e. The third-order valence-corrected chi connectivity index (χ3v) is 20.9. The predicted octanol–water partition coefficient (Wildman–Crippen LogP) is 11.0. The molecule has 2 aliphatic rings. The van der Waals surface area contributed by atoms with Crippen LogP contribution in [-0.2, 0) is 99.4 Å². The average molecular weight is 1600 g/mol. The number of azide groups is 1. The highest BCUT2D eigenvalue weighted by Crippen LogP contribution is 2.34. The summed E-state index contributed by atoms with van der Waals surface area (Å²) in [7, 11) is 0. The summed E-state index contributed by atoms with van der Waals surface area (Å²) in [6.07, 6.45) is 21.1. The number of carboxylic acid groups (broad SMARTS) is 4. The molecule has 5 aromatic rings. The molecule has 2 aliphatic carbocycles. The number of aliphatic carboxylic acids is 4. The van der Waals surface area contributed by atoms with Gasteiger partial charge in [0.2, 0.25) is 23.6 Å². The summed E-state index contributed by atoms with van der Waals surface area (Å²) >= 11 is 6.65. The second kappa shape index (κ2) is 57.3. The molecular formula is C78H112N12O16S4. The first-order chi connectivity index (χ1) is 52.9. The molecule has 604 valence electrons. The molecule has 0 aliphatic heterocycles. The Balaban J connectivity index is 0.000000445. The molecule has 6 N–H and O–H groups in total. The van der Waals surface area contributed by atoms with E-state index < -0.39 is 35.8 Å². The minimum Gasteiger partial charge on any atom is -0.481 e. The molecule has 0 spiro atoms. The zero-order valence-electron chi connectivity index (χ0n) is 64.5. The lowest BCUT2D eigenvalue weighted by Crippen LogP contribution is -2.41. The third kappa shape index (κ3) is 41.8. The van der Waals surface area contributed by atoms with E-state index in [0.29, 0.717) is 143 Å². The molecule has 0 saturated heterocycles. The molecule has 0 bridgehead atoms. The number of unbranched alkanes of at least 4 members (excludes halogenated alkanes) is 1. The first-order valence-electron chi connectivity index (χ1n) is 37.5. The number of thioether (sulfide) groups is 2. The Bertz CT molecular complexity index is 3660. The van der Waals surface area contributed by atoms with Gasteiger partial charge in [-0.05, 0) is 159 Å². The van der Waals surface area contributed by atoms with E-state index in [4.69, 9.17) is 51.4 Å². The van der Waals surface area contributed by atoms with Gasteiger partial charge in [0.05, 0.1) is 18.5 Å². The number of amides is 4. The smallest absolute Gasteiger partial charge is 0.333 e. The van der Waals surface area contributed by atoms with Crippen LogP contribution in [0.4, 0.5) is 0 Å². The van der Waals surface area contributed by atoms with Gasteiger partial charge in [-0.2, -0.15) is 23.5 Å². The Morgan fingerprint density at radius 2 is 1.08 bits per heavy atom. The number of carboxylic acids is 4. The second-order valence-corrected chi connectivity index (χ2v) is 30.2. The van der Waals surface area contributed by atoms with Crippen LogP contribution in [0.15, 0.2) is 82.7 Å². The Hall–Kier alpha value is -8.83. The van der Waals surface area contributed by atoms with E-state index >= 15 is 0 Å². The predicted molar refractivity (Wildman–Crippen MR) is 431 cm³/mol. The molecule has 7 rings (SSSR count). The minimum absolute atomic E-state index is 0.00156. The number of carbonyl (C=O) groups is 10. The van der Waals surface area contributed by atoms with Crippen LogP contribution in [0.2, 0.25) is 0 Å². The Labute approximate surface area is 663 Å². The van der Waals surface area contributed by atoms with E-state index in [9.17, 15) is 38.4 Å². The Morgan fingerprint density at radius 3 is 1.50 bits per heavy atom. The summed E-state index contributed by atoms with van der Waals surface area (Å²) in [5, 5.41) is 53.6. The van der Waals surface area contributed by atoms with Crippen molar-refractivity contribution in [2.24, 2.45) is 5.11 Å². The molecule has 0 saturated carbocycles. The SMILES string of the molecule is C#CCCCC(=O)NCCN(CCSCCC(=O)O)C(=O)CC.CC(=O)O.CC(=O)O.CCCN(CCc1cccs1)C1CCc2c(cccc2OC(=O)CN=[N+]=[N-])C1.CCCN(CCc1cccs1)C1CCc2c(cccc2OC(=O)Cn2cc(CCCC(=O)NCCN(CCSCCC(=O)O)C(=O)CC)nn2)C1. The zero-order valence-corrected chi connectivity index (χ0v) is 67.8. The number of fused-ring (bicyclic) bond motifs is 2. The van der Waals surface area contributed by atoms with Crippen molar-refractivity contribution in [3.63, 3.8) is 0 Å². The van der Waals surface area contributed by atoms with Crippen molar-refractivity contribution in [1.82, 2.24) is 45.2 Å². The van der Waals surface area contributed by atoms with Crippen LogP contribution < -0.4 is 20.1 Å². The number of aromatic nitrogens is 3. The highest BCUT2D eigenvalue weighted by molar-refractivity contribution is 7.99. The van der Waals surface area contributed by atoms with Gasteiger partial charge in [0.25, 0.3) is 11.9 Å². The number of aryl methyl sites for hydroxylation is 1. The molecule has 3 heterocycles. The van der Waals surface area contributed by atoms with Gasteiger partial charge in [0.1, 0.15) is 24.6 Å². The molecule has 0 fully saturated rings. The maximum atomic E-state index is 12.9. The van der Waals surface area contributed by atoms with Crippen LogP contribution in [-0.4, -0.2) is 222 Å². The van der Waals surface area contributed by atoms with Gasteiger partial charge < -0.3 is 50.3 Å². The van der Waals surface area contributed by atoms with E-state index in [1.807, 2.05) is 46.9 Å². The highest BCUT2D eigenvalue weighted by Gasteiger charge is 2.29. The lowest BCUT2D eigenvalue weighted by Gasteiger charge is -2.35. The van der Waals surface area contributed by atoms with Crippen molar-refractivity contribution in [3.05, 3.63) is 126 Å². The Morgan fingerprint density at radius 1 is 0.618 bits per heavy atom. The van der Waals surface area contributed by atoms with Gasteiger partial charge in [-0.15, -0.1) is 40.1 Å². The van der Waals surface area contributed by atoms with Gasteiger partial charge >= 0.3 is 23.9 Å². The molecule has 4 amide bonds. The molecule has 2 aromatic carbocycles. The molecule has 2 atom stereocenters. The van der Waals surface area contributed by atoms with Crippen LogP contribution in [0.25, 0.3) is 10.4 Å². The van der Waals surface area contributed by atoms with Crippen molar-refractivity contribution < 1.29 is 77.8 Å². The normalized spacial score (nSPS) is 13.0. The van der Waals surface area contributed by atoms with Gasteiger partial charge in [0.15, 0.2) is 0 Å². The average Bonchev–Trinajstić information content (AvgIpc) is 1.66. The summed E-state index contributed by atoms with van der Waals surface area (Å²) < 4.78 is 12.8. The quantitative estimate of drug-likeness (QED) is 0.00401. The van der Waals surface area contributed by atoms with Crippen LogP contribution >= 0.6 is 46.2 Å². The molecule has 3 aromatic heterocycles. The highest BCUT2D eigenvalue weighted by atomic mass is 32.2. The van der Waals surface area contributed by atoms with Crippen molar-refractivity contribution in [2.45, 2.75) is 189 Å². The standard InChI is InChI=1S/C37H52N6O6S2.C21H26N4O2S.C16H26N2O4S.2C2H4O2/c1-3-18-41(19-15-31-10-7-22-51-31)30-13-14-32-28(25-30)8-5-11-33(32)49-37(48)27-43-26-29(39-40-43)9-6-12-34(44)38-17-20-42(35(45)4-2)21-24-50-23-16-36(46)47;1-2-11-25(12-10-18-6-4-13-28-18)17-8-9-19-16(14-17)5-3-7-20(19)27-21(26)15-23-24-22;1-3-5-6-7-14(19)17-9-10-18(15(20)4-2)11-13-23-12-8-16(21)22;2*1-2(3)4/h5,7-8,10-11,22,26,30H,3-4,6,9,12-21,23-25,27H2,1-2H3,(H,38,44)(H,46,47);3-7,13,17H,2,8-12,14-15H2,1H3;1H,4-13H2,2H3,(H,17,19)(H,21,22);2*1H3,(H,3,4). The molecule has 28 nitrogen and oxygen atoms in total. The number of nitrogens with zero attached hydrogens (tertiary/aromatic N) is 10. The van der Waals surface area contributed by atoms with Gasteiger partial charge in [-0.3, -0.25) is 53.0 Å². The van der Waals surface area contributed by atoms with E-state index in [2.05, 4.69) is 108 Å². The number of ether oxygens (including phenoxy) is 2. The number of esters is 2. The first kappa shape index (κ1) is 95.4. The summed E-state index contributed by atoms with van der Waals surface area (Å²) in [5.74, 6) is 1.73. The second-order valence-electron chi connectivity index (χ2n) is 25.7. The van der Waals surface area contributed by atoms with Crippen molar-refractivity contribution in [2.75, 3.05) is 95.0 Å². The van der Waals surface area contributed by atoms with Gasteiger partial charge in [0, 0.05) is 154 Å².